The highest BCUT2D eigenvalue weighted by Crippen LogP contribution is 2.32. The summed E-state index contributed by atoms with van der Waals surface area (Å²) in [7, 11) is 0. The molecule has 4 aromatic rings. The van der Waals surface area contributed by atoms with E-state index >= 15 is 0 Å². The lowest BCUT2D eigenvalue weighted by Crippen LogP contribution is -1.95. The number of hydrogen-bond acceptors (Lipinski definition) is 3. The topological polar surface area (TPSA) is 44.5 Å². The van der Waals surface area contributed by atoms with Gasteiger partial charge in [-0.3, -0.25) is 0 Å². The van der Waals surface area contributed by atoms with Gasteiger partial charge in [0, 0.05) is 15.6 Å². The molecule has 0 amide bonds. The minimum absolute atomic E-state index is 0.435. The summed E-state index contributed by atoms with van der Waals surface area (Å²) in [6.07, 6.45) is 0. The maximum absolute atomic E-state index is 6.04. The summed E-state index contributed by atoms with van der Waals surface area (Å²) in [6.45, 7) is 0. The quantitative estimate of drug-likeness (QED) is 0.346. The van der Waals surface area contributed by atoms with Crippen LogP contribution >= 0.6 is 47.6 Å². The van der Waals surface area contributed by atoms with E-state index in [2.05, 4.69) is 9.97 Å². The molecular formula is C19H11Cl2N3S2. The maximum Gasteiger partial charge on any atom is 0.177 e. The minimum atomic E-state index is 0.435. The van der Waals surface area contributed by atoms with Crippen molar-refractivity contribution < 1.29 is 0 Å². The lowest BCUT2D eigenvalue weighted by Gasteiger charge is -2.11. The molecule has 0 aliphatic carbocycles. The van der Waals surface area contributed by atoms with Gasteiger partial charge in [0.1, 0.15) is 10.3 Å². The van der Waals surface area contributed by atoms with Crippen LogP contribution in [0.4, 0.5) is 0 Å². The zero-order chi connectivity index (χ0) is 18.3. The predicted octanol–water partition coefficient (Wildman–Crippen LogP) is 6.99. The average Bonchev–Trinajstić information content (AvgIpc) is 2.61. The monoisotopic (exact) mass is 415 g/mol. The number of aromatic nitrogens is 3. The number of nitrogens with zero attached hydrogens (tertiary/aromatic N) is 1. The predicted molar refractivity (Wildman–Crippen MR) is 113 cm³/mol. The van der Waals surface area contributed by atoms with Crippen LogP contribution in [0.5, 0.6) is 0 Å². The maximum atomic E-state index is 6.04. The Morgan fingerprint density at radius 3 is 1.96 bits per heavy atom. The fourth-order valence-electron chi connectivity index (χ4n) is 2.80. The highest BCUT2D eigenvalue weighted by Gasteiger charge is 2.12. The van der Waals surface area contributed by atoms with Gasteiger partial charge in [-0.1, -0.05) is 59.7 Å². The number of rotatable bonds is 2. The number of pyridine rings is 1. The summed E-state index contributed by atoms with van der Waals surface area (Å²) in [5.41, 5.74) is 4.32. The lowest BCUT2D eigenvalue weighted by atomic mass is 10.0. The second kappa shape index (κ2) is 6.93. The highest BCUT2D eigenvalue weighted by atomic mass is 35.5. The largest absolute Gasteiger partial charge is 0.323 e. The molecule has 4 rings (SSSR count). The number of benzene rings is 2. The van der Waals surface area contributed by atoms with Crippen molar-refractivity contribution in [2.75, 3.05) is 0 Å². The normalized spacial score (nSPS) is 11.0. The van der Waals surface area contributed by atoms with Crippen molar-refractivity contribution in [1.29, 1.82) is 0 Å². The van der Waals surface area contributed by atoms with Crippen LogP contribution in [-0.4, -0.2) is 15.0 Å². The van der Waals surface area contributed by atoms with E-state index in [0.29, 0.717) is 25.1 Å². The molecule has 0 atom stereocenters. The molecule has 0 aliphatic rings. The smallest absolute Gasteiger partial charge is 0.177 e. The van der Waals surface area contributed by atoms with Gasteiger partial charge in [-0.2, -0.15) is 0 Å². The number of fused-ring (bicyclic) bond motifs is 1. The standard InChI is InChI=1S/C19H11Cl2N3S2/c20-12-5-1-10(2-6-12)14-9-15(11-3-7-13(21)8-4-11)22-17-16(14)18(25)24-19(26)23-17/h1-9H,(H2,22,23,24,25,26). The molecular weight excluding hydrogens is 405 g/mol. The molecule has 0 saturated heterocycles. The first-order valence-electron chi connectivity index (χ1n) is 7.70. The van der Waals surface area contributed by atoms with Crippen molar-refractivity contribution in [2.45, 2.75) is 0 Å². The van der Waals surface area contributed by atoms with Gasteiger partial charge in [0.05, 0.1) is 11.1 Å². The Bertz CT molecular complexity index is 1230. The fraction of sp³-hybridized carbons (Fsp3) is 0. The van der Waals surface area contributed by atoms with Crippen molar-refractivity contribution in [3.63, 3.8) is 0 Å². The van der Waals surface area contributed by atoms with Crippen molar-refractivity contribution in [3.05, 3.63) is 74.1 Å². The molecule has 128 valence electrons. The third-order valence-electron chi connectivity index (χ3n) is 4.00. The number of H-pyrrole nitrogens is 2. The molecule has 0 unspecified atom stereocenters. The molecule has 26 heavy (non-hydrogen) atoms. The SMILES string of the molecule is S=c1[nH]c(=S)c2c(-c3ccc(Cl)cc3)cc(-c3ccc(Cl)cc3)nc2[nH]1. The summed E-state index contributed by atoms with van der Waals surface area (Å²) in [6, 6.07) is 17.2. The Hall–Kier alpha value is -2.05. The van der Waals surface area contributed by atoms with E-state index in [1.54, 1.807) is 0 Å². The Morgan fingerprint density at radius 1 is 0.769 bits per heavy atom. The second-order valence-corrected chi connectivity index (χ2v) is 7.39. The summed E-state index contributed by atoms with van der Waals surface area (Å²) in [5.74, 6) is 0. The number of halogens is 2. The van der Waals surface area contributed by atoms with Gasteiger partial charge >= 0.3 is 0 Å². The van der Waals surface area contributed by atoms with E-state index in [0.717, 1.165) is 27.8 Å². The van der Waals surface area contributed by atoms with E-state index in [9.17, 15) is 0 Å². The van der Waals surface area contributed by atoms with E-state index in [-0.39, 0.29) is 0 Å². The summed E-state index contributed by atoms with van der Waals surface area (Å²) < 4.78 is 0.981. The molecule has 0 radical (unpaired) electrons. The van der Waals surface area contributed by atoms with Crippen LogP contribution in [0, 0.1) is 9.41 Å². The van der Waals surface area contributed by atoms with E-state index in [1.807, 2.05) is 54.6 Å². The van der Waals surface area contributed by atoms with Gasteiger partial charge in [-0.15, -0.1) is 0 Å². The van der Waals surface area contributed by atoms with Gasteiger partial charge in [0.2, 0.25) is 0 Å². The van der Waals surface area contributed by atoms with E-state index in [1.165, 1.54) is 0 Å². The fourth-order valence-corrected chi connectivity index (χ4v) is 3.62. The minimum Gasteiger partial charge on any atom is -0.323 e. The van der Waals surface area contributed by atoms with Gasteiger partial charge in [0.15, 0.2) is 4.77 Å². The van der Waals surface area contributed by atoms with Gasteiger partial charge in [-0.25, -0.2) is 4.98 Å². The van der Waals surface area contributed by atoms with Gasteiger partial charge in [-0.05, 0) is 53.7 Å². The number of nitrogens with one attached hydrogen (secondary N) is 2. The van der Waals surface area contributed by atoms with Crippen molar-refractivity contribution in [3.8, 4) is 22.4 Å². The molecule has 2 N–H and O–H groups in total. The number of aromatic amines is 2. The zero-order valence-corrected chi connectivity index (χ0v) is 16.4. The summed E-state index contributed by atoms with van der Waals surface area (Å²) >= 11 is 22.8. The highest BCUT2D eigenvalue weighted by molar-refractivity contribution is 7.72. The first-order chi connectivity index (χ1) is 12.5. The molecule has 7 heteroatoms. The second-order valence-electron chi connectivity index (χ2n) is 5.70. The number of hydrogen-bond donors (Lipinski definition) is 2. The van der Waals surface area contributed by atoms with Gasteiger partial charge < -0.3 is 9.97 Å². The van der Waals surface area contributed by atoms with Crippen LogP contribution in [0.3, 0.4) is 0 Å². The van der Waals surface area contributed by atoms with Crippen LogP contribution in [-0.2, 0) is 0 Å². The Kier molecular flexibility index (Phi) is 4.63. The van der Waals surface area contributed by atoms with E-state index < -0.39 is 0 Å². The summed E-state index contributed by atoms with van der Waals surface area (Å²) in [4.78, 5) is 10.8. The lowest BCUT2D eigenvalue weighted by molar-refractivity contribution is 1.14. The average molecular weight is 416 g/mol. The molecule has 2 heterocycles. The first kappa shape index (κ1) is 17.4. The Balaban J connectivity index is 2.07. The third kappa shape index (κ3) is 3.31. The Morgan fingerprint density at radius 2 is 1.35 bits per heavy atom. The van der Waals surface area contributed by atoms with Crippen LogP contribution in [0.25, 0.3) is 33.4 Å². The van der Waals surface area contributed by atoms with Crippen LogP contribution in [0.15, 0.2) is 54.6 Å². The molecule has 2 aromatic heterocycles. The molecule has 0 bridgehead atoms. The molecule has 2 aromatic carbocycles. The van der Waals surface area contributed by atoms with Crippen LogP contribution < -0.4 is 0 Å². The molecule has 3 nitrogen and oxygen atoms in total. The van der Waals surface area contributed by atoms with Gasteiger partial charge in [0.25, 0.3) is 0 Å². The van der Waals surface area contributed by atoms with E-state index in [4.69, 9.17) is 52.6 Å². The summed E-state index contributed by atoms with van der Waals surface area (Å²) in [5, 5.41) is 2.16. The molecule has 0 aliphatic heterocycles. The Labute approximate surface area is 169 Å². The van der Waals surface area contributed by atoms with Crippen LogP contribution in [0.1, 0.15) is 0 Å². The third-order valence-corrected chi connectivity index (χ3v) is 5.01. The molecule has 0 spiro atoms. The van der Waals surface area contributed by atoms with Crippen molar-refractivity contribution >= 4 is 58.7 Å². The van der Waals surface area contributed by atoms with Crippen LogP contribution in [0.2, 0.25) is 10.0 Å². The van der Waals surface area contributed by atoms with Crippen molar-refractivity contribution in [2.24, 2.45) is 0 Å². The molecule has 0 saturated carbocycles. The zero-order valence-electron chi connectivity index (χ0n) is 13.2. The molecule has 0 fully saturated rings. The first-order valence-corrected chi connectivity index (χ1v) is 9.28. The van der Waals surface area contributed by atoms with Crippen molar-refractivity contribution in [1.82, 2.24) is 15.0 Å².